The van der Waals surface area contributed by atoms with E-state index in [1.165, 1.54) is 37.7 Å². The predicted molar refractivity (Wildman–Crippen MR) is 312 cm³/mol. The molecular weight excluding hydrogens is 1130 g/mol. The first-order valence-electron chi connectivity index (χ1n) is 27.8. The van der Waals surface area contributed by atoms with Gasteiger partial charge in [0.15, 0.2) is 28.8 Å². The highest BCUT2D eigenvalue weighted by atomic mass is 32.1. The highest BCUT2D eigenvalue weighted by molar-refractivity contribution is 7.20. The fraction of sp³-hybridized carbons (Fsp3) is 0.361. The van der Waals surface area contributed by atoms with E-state index in [1.54, 1.807) is 77.7 Å². The van der Waals surface area contributed by atoms with Crippen LogP contribution in [-0.2, 0) is 78.8 Å². The van der Waals surface area contributed by atoms with Gasteiger partial charge in [0.1, 0.15) is 12.6 Å². The van der Waals surface area contributed by atoms with Gasteiger partial charge in [0.05, 0.1) is 64.8 Å². The van der Waals surface area contributed by atoms with Gasteiger partial charge in [0.2, 0.25) is 35.4 Å². The predicted octanol–water partition coefficient (Wildman–Crippen LogP) is 4.68. The van der Waals surface area contributed by atoms with Gasteiger partial charge in [-0.3, -0.25) is 57.6 Å². The summed E-state index contributed by atoms with van der Waals surface area (Å²) in [6.45, 7) is 0.00874. The molecule has 5 aromatic rings. The Morgan fingerprint density at radius 2 is 1.26 bits per heavy atom. The number of nitrogens with one attached hydrogen (secondary N) is 5. The van der Waals surface area contributed by atoms with Crippen LogP contribution in [0.5, 0.6) is 23.0 Å². The number of esters is 1. The van der Waals surface area contributed by atoms with Crippen molar-refractivity contribution in [1.29, 1.82) is 0 Å². The number of methoxy groups -OCH3 is 2. The van der Waals surface area contributed by atoms with E-state index in [1.807, 2.05) is 12.1 Å². The molecule has 2 aliphatic heterocycles. The molecule has 3 heterocycles. The number of imide groups is 1. The van der Waals surface area contributed by atoms with Crippen LogP contribution in [0.3, 0.4) is 0 Å². The summed E-state index contributed by atoms with van der Waals surface area (Å²) in [5, 5.41) is 22.4. The number of amides is 8. The molecule has 6 N–H and O–H groups in total. The normalized spacial score (nSPS) is 12.7. The zero-order valence-electron chi connectivity index (χ0n) is 47.5. The Hall–Kier alpha value is -9.65. The zero-order valence-corrected chi connectivity index (χ0v) is 48.3. The van der Waals surface area contributed by atoms with E-state index in [2.05, 4.69) is 26.6 Å². The fourth-order valence-corrected chi connectivity index (χ4v) is 10.1. The molecule has 0 fully saturated rings. The van der Waals surface area contributed by atoms with Crippen molar-refractivity contribution in [3.8, 4) is 23.0 Å². The molecule has 8 amide bonds. The number of carbonyl (C=O) groups is 11. The van der Waals surface area contributed by atoms with Crippen molar-refractivity contribution >= 4 is 92.1 Å². The minimum atomic E-state index is -1.12. The van der Waals surface area contributed by atoms with Crippen LogP contribution in [0.1, 0.15) is 89.7 Å². The minimum absolute atomic E-state index is 0.0706. The van der Waals surface area contributed by atoms with Gasteiger partial charge in [-0.15, -0.1) is 11.3 Å². The van der Waals surface area contributed by atoms with Crippen LogP contribution < -0.4 is 45.5 Å². The lowest BCUT2D eigenvalue weighted by Crippen LogP contribution is -2.52. The van der Waals surface area contributed by atoms with E-state index in [0.717, 1.165) is 26.1 Å². The lowest BCUT2D eigenvalue weighted by Gasteiger charge is -2.19. The number of carbonyl (C=O) groups excluding carboxylic acids is 10. The van der Waals surface area contributed by atoms with E-state index in [0.29, 0.717) is 83.5 Å². The largest absolute Gasteiger partial charge is 0.493 e. The highest BCUT2D eigenvalue weighted by Crippen LogP contribution is 2.38. The number of fused-ring (bicyclic) bond motifs is 2. The van der Waals surface area contributed by atoms with Gasteiger partial charge >= 0.3 is 11.9 Å². The number of ketones is 1. The zero-order chi connectivity index (χ0) is 61.5. The maximum atomic E-state index is 13.4. The van der Waals surface area contributed by atoms with E-state index >= 15 is 0 Å². The molecule has 0 unspecified atom stereocenters. The first-order valence-corrected chi connectivity index (χ1v) is 28.6. The van der Waals surface area contributed by atoms with Crippen LogP contribution in [0, 0.1) is 0 Å². The topological polar surface area (TPSA) is 321 Å². The smallest absolute Gasteiger partial charge is 0.306 e. The van der Waals surface area contributed by atoms with Crippen LogP contribution in [-0.4, -0.2) is 140 Å². The maximum Gasteiger partial charge on any atom is 0.306 e. The Morgan fingerprint density at radius 1 is 0.616 bits per heavy atom. The highest BCUT2D eigenvalue weighted by Gasteiger charge is 2.28. The summed E-state index contributed by atoms with van der Waals surface area (Å²) in [5.41, 5.74) is 3.47. The summed E-state index contributed by atoms with van der Waals surface area (Å²) in [6, 6.07) is 23.1. The molecule has 0 aliphatic carbocycles. The van der Waals surface area contributed by atoms with Crippen molar-refractivity contribution in [2.24, 2.45) is 0 Å². The second-order valence-electron chi connectivity index (χ2n) is 20.0. The summed E-state index contributed by atoms with van der Waals surface area (Å²) in [4.78, 5) is 140. The minimum Gasteiger partial charge on any atom is -0.493 e. The molecule has 24 nitrogen and oxygen atoms in total. The number of Topliss-reactive ketones (excluding diaryl/α,β-unsaturated/α-hetero) is 1. The third kappa shape index (κ3) is 19.5. The molecule has 1 aromatic heterocycles. The number of thiophene rings is 1. The first kappa shape index (κ1) is 63.9. The molecule has 4 aromatic carbocycles. The van der Waals surface area contributed by atoms with Crippen molar-refractivity contribution in [2.75, 3.05) is 58.9 Å². The van der Waals surface area contributed by atoms with Gasteiger partial charge < -0.3 is 60.3 Å². The molecule has 0 radical (unpaired) electrons. The molecule has 25 heteroatoms. The summed E-state index contributed by atoms with van der Waals surface area (Å²) in [6.07, 6.45) is 4.11. The van der Waals surface area contributed by atoms with Crippen LogP contribution in [0.2, 0.25) is 0 Å². The molecule has 0 spiro atoms. The second-order valence-corrected chi connectivity index (χ2v) is 21.1. The standard InChI is InChI=1S/C61H67N7O17S/c1-81-46-28-41-35-67(36-42(41)29-49(46)84-25-9-24-83-48-27-40-30-51(45(69)17-21-59(77)78)86-50(40)31-47(48)82-2)56(74)20-22-60(79)85-37-39-13-15-43(16-14-39)65-54(72)34-64-61(80)44(26-38-10-5-3-6-11-38)66-55(73)33-63-53(71)32-62-52(70)12-7-4-8-23-68-57(75)18-19-58(68)76/h3,5-6,10-11,13-16,18-19,27-31,44H,4,7-9,12,17,20-26,32-37H2,1-2H3,(H,62,70)(H,63,71)(H,64,80)(H,65,72)(H,66,73)(H,77,78)/t44-/m0/s1. The molecule has 454 valence electrons. The Balaban J connectivity index is 0.769. The third-order valence-corrected chi connectivity index (χ3v) is 14.8. The third-order valence-electron chi connectivity index (χ3n) is 13.6. The Bertz CT molecular complexity index is 3330. The molecule has 86 heavy (non-hydrogen) atoms. The number of benzene rings is 4. The SMILES string of the molecule is COc1cc2c(cc1OCCCOc1cc3cc(C(=O)CCC(=O)O)sc3cc1OC)CN(C(=O)CCC(=O)OCc1ccc(NC(=O)CNC(=O)[C@H](Cc3ccccc3)NC(=O)CNC(=O)CNC(=O)CCCCCN3C(=O)C=CC3=O)cc1)C2. The summed E-state index contributed by atoms with van der Waals surface area (Å²) in [5.74, 6) is -3.82. The average Bonchev–Trinajstić information content (AvgIpc) is 2.33. The second kappa shape index (κ2) is 31.9. The van der Waals surface area contributed by atoms with Gasteiger partial charge in [0, 0.05) is 80.3 Å². The van der Waals surface area contributed by atoms with Crippen LogP contribution in [0.4, 0.5) is 5.69 Å². The van der Waals surface area contributed by atoms with E-state index < -0.39 is 60.6 Å². The van der Waals surface area contributed by atoms with Crippen molar-refractivity contribution in [3.05, 3.63) is 124 Å². The lowest BCUT2D eigenvalue weighted by molar-refractivity contribution is -0.147. The van der Waals surface area contributed by atoms with Gasteiger partial charge in [-0.05, 0) is 76.9 Å². The van der Waals surface area contributed by atoms with Crippen molar-refractivity contribution in [2.45, 2.75) is 89.9 Å². The summed E-state index contributed by atoms with van der Waals surface area (Å²) < 4.78 is 29.5. The number of anilines is 1. The molecule has 0 saturated carbocycles. The maximum absolute atomic E-state index is 13.4. The van der Waals surface area contributed by atoms with Crippen LogP contribution >= 0.6 is 11.3 Å². The molecule has 0 saturated heterocycles. The number of unbranched alkanes of at least 4 members (excludes halogenated alkanes) is 2. The first-order chi connectivity index (χ1) is 41.4. The van der Waals surface area contributed by atoms with Crippen LogP contribution in [0.15, 0.2) is 97.1 Å². The summed E-state index contributed by atoms with van der Waals surface area (Å²) in [7, 11) is 3.04. The number of nitrogens with zero attached hydrogens (tertiary/aromatic N) is 2. The molecule has 2 aliphatic rings. The molecule has 0 bridgehead atoms. The van der Waals surface area contributed by atoms with E-state index in [9.17, 15) is 52.7 Å². The number of carboxylic acids is 1. The number of aliphatic carboxylic acids is 1. The fourth-order valence-electron chi connectivity index (χ4n) is 9.06. The number of rotatable bonds is 34. The van der Waals surface area contributed by atoms with Crippen molar-refractivity contribution < 1.29 is 81.5 Å². The Kier molecular flexibility index (Phi) is 23.7. The van der Waals surface area contributed by atoms with Crippen molar-refractivity contribution in [3.63, 3.8) is 0 Å². The summed E-state index contributed by atoms with van der Waals surface area (Å²) >= 11 is 1.26. The van der Waals surface area contributed by atoms with E-state index in [4.69, 9.17) is 28.8 Å². The molecular formula is C61H67N7O17S. The quantitative estimate of drug-likeness (QED) is 0.0141. The lowest BCUT2D eigenvalue weighted by atomic mass is 10.1. The molecule has 1 atom stereocenters. The average molecular weight is 1200 g/mol. The number of carboxylic acid groups (broad SMARTS) is 1. The Labute approximate surface area is 498 Å². The molecule has 7 rings (SSSR count). The van der Waals surface area contributed by atoms with Gasteiger partial charge in [-0.1, -0.05) is 48.9 Å². The van der Waals surface area contributed by atoms with Crippen molar-refractivity contribution in [1.82, 2.24) is 31.1 Å². The number of hydrogen-bond donors (Lipinski definition) is 6. The Morgan fingerprint density at radius 3 is 1.94 bits per heavy atom. The monoisotopic (exact) mass is 1200 g/mol. The van der Waals surface area contributed by atoms with Gasteiger partial charge in [0.25, 0.3) is 11.8 Å². The van der Waals surface area contributed by atoms with E-state index in [-0.39, 0.29) is 94.9 Å². The number of ether oxygens (including phenoxy) is 5. The van der Waals surface area contributed by atoms with Crippen LogP contribution in [0.25, 0.3) is 10.1 Å². The van der Waals surface area contributed by atoms with Gasteiger partial charge in [-0.2, -0.15) is 0 Å². The number of hydrogen-bond acceptors (Lipinski definition) is 17. The van der Waals surface area contributed by atoms with Gasteiger partial charge in [-0.25, -0.2) is 0 Å².